The molecule has 2 aromatic rings. The monoisotopic (exact) mass is 577 g/mol. The van der Waals surface area contributed by atoms with Gasteiger partial charge < -0.3 is 14.3 Å². The molecule has 0 saturated heterocycles. The number of nitrogens with zero attached hydrogens (tertiary/aromatic N) is 1. The molecule has 0 amide bonds. The molecule has 1 aromatic heterocycles. The predicted molar refractivity (Wildman–Crippen MR) is 174 cm³/mol. The lowest BCUT2D eigenvalue weighted by atomic mass is 9.71. The van der Waals surface area contributed by atoms with Crippen LogP contribution in [-0.2, 0) is 21.0 Å². The summed E-state index contributed by atoms with van der Waals surface area (Å²) >= 11 is 0. The number of ether oxygens (including phenoxy) is 1. The Morgan fingerprint density at radius 3 is 2.20 bits per heavy atom. The third-order valence-electron chi connectivity index (χ3n) is 9.53. The van der Waals surface area contributed by atoms with E-state index in [1.807, 2.05) is 0 Å². The number of aliphatic hydroxyl groups is 1. The lowest BCUT2D eigenvalue weighted by molar-refractivity contribution is 0.105. The molecule has 1 unspecified atom stereocenters. The summed E-state index contributed by atoms with van der Waals surface area (Å²) in [5.74, 6) is 0.169. The van der Waals surface area contributed by atoms with Crippen molar-refractivity contribution < 1.29 is 14.3 Å². The number of benzene rings is 1. The van der Waals surface area contributed by atoms with Crippen molar-refractivity contribution in [1.29, 1.82) is 0 Å². The van der Waals surface area contributed by atoms with Crippen LogP contribution in [0, 0.1) is 5.41 Å². The first-order chi connectivity index (χ1) is 18.8. The molecule has 2 atom stereocenters. The molecule has 2 heterocycles. The molecule has 1 aliphatic carbocycles. The van der Waals surface area contributed by atoms with Gasteiger partial charge in [0.25, 0.3) is 0 Å². The topological polar surface area (TPSA) is 51.6 Å². The van der Waals surface area contributed by atoms with Gasteiger partial charge in [-0.15, -0.1) is 0 Å². The van der Waals surface area contributed by atoms with Crippen molar-refractivity contribution >= 4 is 13.9 Å². The summed E-state index contributed by atoms with van der Waals surface area (Å²) in [5, 5.41) is 12.3. The Morgan fingerprint density at radius 2 is 1.68 bits per heavy atom. The summed E-state index contributed by atoms with van der Waals surface area (Å²) < 4.78 is 13.1. The van der Waals surface area contributed by atoms with Crippen molar-refractivity contribution in [2.75, 3.05) is 13.2 Å². The van der Waals surface area contributed by atoms with Crippen molar-refractivity contribution in [3.63, 3.8) is 0 Å². The van der Waals surface area contributed by atoms with E-state index < -0.39 is 14.4 Å². The third kappa shape index (κ3) is 6.74. The average Bonchev–Trinajstić information content (AvgIpc) is 2.85. The normalized spacial score (nSPS) is 20.5. The van der Waals surface area contributed by atoms with Crippen LogP contribution in [0.15, 0.2) is 30.3 Å². The van der Waals surface area contributed by atoms with E-state index in [0.717, 1.165) is 41.8 Å². The summed E-state index contributed by atoms with van der Waals surface area (Å²) in [6.07, 6.45) is 4.07. The maximum absolute atomic E-state index is 12.2. The second kappa shape index (κ2) is 11.4. The highest BCUT2D eigenvalue weighted by Crippen LogP contribution is 2.51. The quantitative estimate of drug-likeness (QED) is 0.347. The second-order valence-corrected chi connectivity index (χ2v) is 20.8. The van der Waals surface area contributed by atoms with Gasteiger partial charge in [-0.2, -0.15) is 0 Å². The van der Waals surface area contributed by atoms with Gasteiger partial charge in [0.15, 0.2) is 8.32 Å². The minimum absolute atomic E-state index is 0.0547. The molecular formula is C36H55NO3Si. The van der Waals surface area contributed by atoms with Crippen LogP contribution in [0.4, 0.5) is 0 Å². The van der Waals surface area contributed by atoms with Crippen molar-refractivity contribution in [3.05, 3.63) is 69.5 Å². The van der Waals surface area contributed by atoms with Gasteiger partial charge in [0.05, 0.1) is 19.3 Å². The Balaban J connectivity index is 2.01. The number of aromatic nitrogens is 1. The molecule has 226 valence electrons. The summed E-state index contributed by atoms with van der Waals surface area (Å²) in [7, 11) is -2.10. The van der Waals surface area contributed by atoms with Gasteiger partial charge in [-0.1, -0.05) is 99.6 Å². The van der Waals surface area contributed by atoms with Gasteiger partial charge in [0.1, 0.15) is 6.10 Å². The van der Waals surface area contributed by atoms with E-state index in [-0.39, 0.29) is 27.9 Å². The maximum Gasteiger partial charge on any atom is 0.192 e. The Kier molecular flexibility index (Phi) is 8.91. The summed E-state index contributed by atoms with van der Waals surface area (Å²) in [4.78, 5) is 5.43. The fraction of sp³-hybridized carbons (Fsp3) is 0.639. The Hall–Kier alpha value is -1.79. The summed E-state index contributed by atoms with van der Waals surface area (Å²) in [5.41, 5.74) is 9.06. The Morgan fingerprint density at radius 1 is 1.05 bits per heavy atom. The van der Waals surface area contributed by atoms with E-state index in [0.29, 0.717) is 13.2 Å². The van der Waals surface area contributed by atoms with Crippen LogP contribution in [0.3, 0.4) is 0 Å². The molecule has 4 rings (SSSR count). The van der Waals surface area contributed by atoms with E-state index in [1.165, 1.54) is 22.3 Å². The van der Waals surface area contributed by atoms with Crippen LogP contribution >= 0.6 is 0 Å². The molecule has 0 bridgehead atoms. The van der Waals surface area contributed by atoms with Gasteiger partial charge in [-0.05, 0) is 76.4 Å². The van der Waals surface area contributed by atoms with Crippen LogP contribution in [0.25, 0.3) is 5.57 Å². The molecule has 0 saturated carbocycles. The zero-order chi connectivity index (χ0) is 30.5. The van der Waals surface area contributed by atoms with E-state index in [9.17, 15) is 5.11 Å². The van der Waals surface area contributed by atoms with Gasteiger partial charge >= 0.3 is 0 Å². The van der Waals surface area contributed by atoms with Crippen LogP contribution < -0.4 is 0 Å². The predicted octanol–water partition coefficient (Wildman–Crippen LogP) is 9.42. The number of aliphatic hydroxyl groups excluding tert-OH is 1. The molecule has 0 radical (unpaired) electrons. The number of fused-ring (bicyclic) bond motifs is 1. The second-order valence-electron chi connectivity index (χ2n) is 16.0. The Bertz CT molecular complexity index is 1280. The zero-order valence-electron chi connectivity index (χ0n) is 27.9. The van der Waals surface area contributed by atoms with Crippen LogP contribution in [0.1, 0.15) is 139 Å². The first-order valence-electron chi connectivity index (χ1n) is 15.6. The van der Waals surface area contributed by atoms with E-state index in [1.54, 1.807) is 0 Å². The molecule has 4 nitrogen and oxygen atoms in total. The number of pyridine rings is 1. The number of hydrogen-bond acceptors (Lipinski definition) is 4. The van der Waals surface area contributed by atoms with Crippen LogP contribution in [0.2, 0.25) is 18.1 Å². The van der Waals surface area contributed by atoms with Crippen LogP contribution in [0.5, 0.6) is 0 Å². The van der Waals surface area contributed by atoms with Gasteiger partial charge in [-0.25, -0.2) is 0 Å². The molecule has 2 aliphatic rings. The fourth-order valence-corrected chi connectivity index (χ4v) is 7.34. The highest BCUT2D eigenvalue weighted by molar-refractivity contribution is 6.74. The van der Waals surface area contributed by atoms with Gasteiger partial charge in [0.2, 0.25) is 0 Å². The fourth-order valence-electron chi connectivity index (χ4n) is 6.08. The number of rotatable bonds is 6. The molecule has 1 aromatic carbocycles. The van der Waals surface area contributed by atoms with E-state index in [4.69, 9.17) is 14.1 Å². The molecule has 1 aliphatic heterocycles. The molecule has 41 heavy (non-hydrogen) atoms. The maximum atomic E-state index is 12.2. The lowest BCUT2D eigenvalue weighted by Crippen LogP contribution is -2.44. The first-order valence-corrected chi connectivity index (χ1v) is 18.5. The highest BCUT2D eigenvalue weighted by Gasteiger charge is 2.45. The SMILES string of the molecule is CC(C)c1nc2c(c(C3=CCOCC3)c1C(O)c1ccc(C(C)(C)C)cc1)[C@H](O[Si](C)(C)C(C)(C)C)CC(C)(C)C2. The minimum Gasteiger partial charge on any atom is -0.410 e. The number of hydrogen-bond donors (Lipinski definition) is 1. The van der Waals surface area contributed by atoms with Crippen molar-refractivity contribution in [2.24, 2.45) is 5.41 Å². The zero-order valence-corrected chi connectivity index (χ0v) is 28.9. The Labute approximate surface area is 251 Å². The average molecular weight is 578 g/mol. The standard InChI is InChI=1S/C36H55NO3Si/c1-23(2)32-31(33(38)25-13-15-26(16-14-25)34(3,4)5)29(24-17-19-39-20-18-24)30-27(37-32)21-36(9,10)22-28(30)40-41(11,12)35(6,7)8/h13-17,23,28,33,38H,18-22H2,1-12H3/t28-,33?/m1/s1. The first kappa shape index (κ1) is 32.1. The van der Waals surface area contributed by atoms with Gasteiger partial charge in [0, 0.05) is 22.5 Å². The largest absolute Gasteiger partial charge is 0.410 e. The summed E-state index contributed by atoms with van der Waals surface area (Å²) in [6, 6.07) is 8.53. The molecule has 0 spiro atoms. The third-order valence-corrected chi connectivity index (χ3v) is 14.0. The van der Waals surface area contributed by atoms with Crippen molar-refractivity contribution in [3.8, 4) is 0 Å². The van der Waals surface area contributed by atoms with Crippen LogP contribution in [-0.4, -0.2) is 31.6 Å². The van der Waals surface area contributed by atoms with E-state index in [2.05, 4.69) is 113 Å². The smallest absolute Gasteiger partial charge is 0.192 e. The lowest BCUT2D eigenvalue weighted by Gasteiger charge is -2.45. The van der Waals surface area contributed by atoms with Crippen molar-refractivity contribution in [1.82, 2.24) is 4.98 Å². The molecule has 5 heteroatoms. The minimum atomic E-state index is -2.10. The van der Waals surface area contributed by atoms with Crippen molar-refractivity contribution in [2.45, 2.75) is 130 Å². The molecule has 1 N–H and O–H groups in total. The van der Waals surface area contributed by atoms with Gasteiger partial charge in [-0.3, -0.25) is 4.98 Å². The summed E-state index contributed by atoms with van der Waals surface area (Å²) in [6.45, 7) is 28.7. The highest BCUT2D eigenvalue weighted by atomic mass is 28.4. The molecular weight excluding hydrogens is 522 g/mol. The molecule has 0 fully saturated rings. The van der Waals surface area contributed by atoms with E-state index >= 15 is 0 Å².